The molecule has 1 N–H and O–H groups in total. The Balaban J connectivity index is 1.81. The molecule has 0 bridgehead atoms. The monoisotopic (exact) mass is 324 g/mol. The zero-order chi connectivity index (χ0) is 17.2. The van der Waals surface area contributed by atoms with Crippen LogP contribution in [0.4, 0.5) is 10.1 Å². The molecular formula is C19H17FN2O2. The molecule has 0 aliphatic carbocycles. The summed E-state index contributed by atoms with van der Waals surface area (Å²) < 4.78 is 18.7. The summed E-state index contributed by atoms with van der Waals surface area (Å²) >= 11 is 0. The first-order valence-electron chi connectivity index (χ1n) is 7.55. The van der Waals surface area contributed by atoms with Gasteiger partial charge in [0, 0.05) is 11.6 Å². The van der Waals surface area contributed by atoms with Crippen molar-refractivity contribution < 1.29 is 13.9 Å². The molecule has 0 atom stereocenters. The van der Waals surface area contributed by atoms with Crippen LogP contribution in [0.2, 0.25) is 0 Å². The predicted molar refractivity (Wildman–Crippen MR) is 91.5 cm³/mol. The number of ether oxygens (including phenoxy) is 1. The molecule has 2 aromatic carbocycles. The van der Waals surface area contributed by atoms with Gasteiger partial charge in [-0.1, -0.05) is 18.2 Å². The van der Waals surface area contributed by atoms with E-state index >= 15 is 0 Å². The van der Waals surface area contributed by atoms with Crippen LogP contribution >= 0.6 is 0 Å². The van der Waals surface area contributed by atoms with Gasteiger partial charge in [-0.05, 0) is 50.2 Å². The Labute approximate surface area is 139 Å². The Morgan fingerprint density at radius 2 is 1.79 bits per heavy atom. The number of pyridine rings is 1. The summed E-state index contributed by atoms with van der Waals surface area (Å²) in [6.45, 7) is 3.31. The van der Waals surface area contributed by atoms with Gasteiger partial charge in [0.05, 0.1) is 11.2 Å². The zero-order valence-electron chi connectivity index (χ0n) is 13.4. The molecule has 0 aliphatic heterocycles. The average molecular weight is 324 g/mol. The van der Waals surface area contributed by atoms with Crippen molar-refractivity contribution in [3.05, 3.63) is 66.6 Å². The van der Waals surface area contributed by atoms with Crippen LogP contribution < -0.4 is 10.1 Å². The molecular weight excluding hydrogens is 307 g/mol. The topological polar surface area (TPSA) is 51.2 Å². The van der Waals surface area contributed by atoms with Crippen molar-refractivity contribution in [1.82, 2.24) is 4.98 Å². The highest BCUT2D eigenvalue weighted by atomic mass is 19.1. The number of benzene rings is 2. The van der Waals surface area contributed by atoms with E-state index in [0.29, 0.717) is 17.0 Å². The number of anilines is 1. The third-order valence-corrected chi connectivity index (χ3v) is 3.61. The summed E-state index contributed by atoms with van der Waals surface area (Å²) in [4.78, 5) is 16.9. The first-order valence-corrected chi connectivity index (χ1v) is 7.55. The van der Waals surface area contributed by atoms with Crippen molar-refractivity contribution in [3.63, 3.8) is 0 Å². The van der Waals surface area contributed by atoms with Crippen molar-refractivity contribution in [2.24, 2.45) is 0 Å². The van der Waals surface area contributed by atoms with E-state index in [1.54, 1.807) is 26.1 Å². The number of carbonyl (C=O) groups is 1. The van der Waals surface area contributed by atoms with Crippen LogP contribution in [0.25, 0.3) is 10.9 Å². The number of amides is 1. The summed E-state index contributed by atoms with van der Waals surface area (Å²) in [5, 5.41) is 3.79. The van der Waals surface area contributed by atoms with Gasteiger partial charge in [-0.3, -0.25) is 9.78 Å². The van der Waals surface area contributed by atoms with Gasteiger partial charge in [-0.25, -0.2) is 4.39 Å². The number of aromatic nitrogens is 1. The van der Waals surface area contributed by atoms with Crippen LogP contribution in [0.1, 0.15) is 13.8 Å². The van der Waals surface area contributed by atoms with Gasteiger partial charge in [-0.2, -0.15) is 0 Å². The number of nitrogens with one attached hydrogen (secondary N) is 1. The summed E-state index contributed by atoms with van der Waals surface area (Å²) in [7, 11) is 0. The maximum atomic E-state index is 13.0. The van der Waals surface area contributed by atoms with Crippen molar-refractivity contribution >= 4 is 22.5 Å². The van der Waals surface area contributed by atoms with Gasteiger partial charge < -0.3 is 10.1 Å². The van der Waals surface area contributed by atoms with Gasteiger partial charge in [0.1, 0.15) is 11.6 Å². The first kappa shape index (κ1) is 15.9. The molecule has 122 valence electrons. The molecule has 3 aromatic rings. The minimum absolute atomic E-state index is 0.315. The first-order chi connectivity index (χ1) is 11.5. The number of para-hydroxylation sites is 1. The van der Waals surface area contributed by atoms with E-state index in [4.69, 9.17) is 4.74 Å². The normalized spacial score (nSPS) is 11.3. The molecule has 24 heavy (non-hydrogen) atoms. The largest absolute Gasteiger partial charge is 0.478 e. The molecule has 0 radical (unpaired) electrons. The zero-order valence-corrected chi connectivity index (χ0v) is 13.4. The van der Waals surface area contributed by atoms with E-state index in [1.165, 1.54) is 24.3 Å². The quantitative estimate of drug-likeness (QED) is 0.783. The number of carbonyl (C=O) groups excluding carboxylic acids is 1. The van der Waals surface area contributed by atoms with Gasteiger partial charge in [0.25, 0.3) is 5.91 Å². The molecule has 4 nitrogen and oxygen atoms in total. The lowest BCUT2D eigenvalue weighted by Crippen LogP contribution is -2.42. The minimum Gasteiger partial charge on any atom is -0.478 e. The highest BCUT2D eigenvalue weighted by Gasteiger charge is 2.30. The second-order valence-corrected chi connectivity index (χ2v) is 5.90. The van der Waals surface area contributed by atoms with E-state index < -0.39 is 5.60 Å². The van der Waals surface area contributed by atoms with E-state index in [2.05, 4.69) is 10.3 Å². The fourth-order valence-corrected chi connectivity index (χ4v) is 2.32. The molecule has 0 unspecified atom stereocenters. The number of nitrogens with zero attached hydrogens (tertiary/aromatic N) is 1. The number of hydrogen-bond acceptors (Lipinski definition) is 3. The molecule has 3 rings (SSSR count). The van der Waals surface area contributed by atoms with Crippen LogP contribution in [-0.2, 0) is 4.79 Å². The Morgan fingerprint density at radius 1 is 1.08 bits per heavy atom. The second-order valence-electron chi connectivity index (χ2n) is 5.90. The summed E-state index contributed by atoms with van der Waals surface area (Å²) in [6, 6.07) is 14.9. The smallest absolute Gasteiger partial charge is 0.268 e. The Morgan fingerprint density at radius 3 is 2.54 bits per heavy atom. The lowest BCUT2D eigenvalue weighted by Gasteiger charge is -2.25. The summed E-state index contributed by atoms with van der Waals surface area (Å²) in [5.74, 6) is -0.246. The lowest BCUT2D eigenvalue weighted by atomic mass is 10.1. The molecule has 0 aliphatic rings. The highest BCUT2D eigenvalue weighted by molar-refractivity contribution is 6.03. The van der Waals surface area contributed by atoms with E-state index in [9.17, 15) is 9.18 Å². The molecule has 1 amide bonds. The Bertz CT molecular complexity index is 871. The van der Waals surface area contributed by atoms with Gasteiger partial charge in [-0.15, -0.1) is 0 Å². The van der Waals surface area contributed by atoms with Crippen LogP contribution in [0.5, 0.6) is 5.75 Å². The molecule has 0 spiro atoms. The highest BCUT2D eigenvalue weighted by Crippen LogP contribution is 2.24. The molecule has 0 saturated heterocycles. The minimum atomic E-state index is -1.13. The second kappa shape index (κ2) is 6.28. The van der Waals surface area contributed by atoms with Crippen molar-refractivity contribution in [3.8, 4) is 5.75 Å². The van der Waals surface area contributed by atoms with Crippen LogP contribution in [0.15, 0.2) is 60.8 Å². The van der Waals surface area contributed by atoms with Crippen molar-refractivity contribution in [1.29, 1.82) is 0 Å². The maximum absolute atomic E-state index is 13.0. The third-order valence-electron chi connectivity index (χ3n) is 3.61. The van der Waals surface area contributed by atoms with E-state index in [1.807, 2.05) is 24.3 Å². The SMILES string of the molecule is CC(C)(Oc1ccc(F)cc1)C(=O)Nc1cccc2cccnc12. The standard InChI is InChI=1S/C19H17FN2O2/c1-19(2,24-15-10-8-14(20)9-11-15)18(23)22-16-7-3-5-13-6-4-12-21-17(13)16/h3-12H,1-2H3,(H,22,23). The molecule has 0 fully saturated rings. The molecule has 0 saturated carbocycles. The Kier molecular flexibility index (Phi) is 4.16. The van der Waals surface area contributed by atoms with Crippen LogP contribution in [-0.4, -0.2) is 16.5 Å². The molecule has 5 heteroatoms. The number of hydrogen-bond donors (Lipinski definition) is 1. The van der Waals surface area contributed by atoms with Gasteiger partial charge in [0.2, 0.25) is 0 Å². The number of fused-ring (bicyclic) bond motifs is 1. The predicted octanol–water partition coefficient (Wildman–Crippen LogP) is 4.17. The fourth-order valence-electron chi connectivity index (χ4n) is 2.32. The van der Waals surface area contributed by atoms with E-state index in [-0.39, 0.29) is 11.7 Å². The van der Waals surface area contributed by atoms with Crippen molar-refractivity contribution in [2.75, 3.05) is 5.32 Å². The van der Waals surface area contributed by atoms with Gasteiger partial charge in [0.15, 0.2) is 5.60 Å². The molecule has 1 aromatic heterocycles. The summed E-state index contributed by atoms with van der Waals surface area (Å²) in [6.07, 6.45) is 1.68. The van der Waals surface area contributed by atoms with Crippen LogP contribution in [0.3, 0.4) is 0 Å². The third kappa shape index (κ3) is 3.35. The maximum Gasteiger partial charge on any atom is 0.268 e. The van der Waals surface area contributed by atoms with Crippen molar-refractivity contribution in [2.45, 2.75) is 19.4 Å². The number of halogens is 1. The fraction of sp³-hybridized carbons (Fsp3) is 0.158. The van der Waals surface area contributed by atoms with E-state index in [0.717, 1.165) is 5.39 Å². The van der Waals surface area contributed by atoms with Crippen LogP contribution in [0, 0.1) is 5.82 Å². The van der Waals surface area contributed by atoms with Gasteiger partial charge >= 0.3 is 0 Å². The summed E-state index contributed by atoms with van der Waals surface area (Å²) in [5.41, 5.74) is 0.203. The number of rotatable bonds is 4. The molecule has 1 heterocycles. The Hall–Kier alpha value is -2.95. The lowest BCUT2D eigenvalue weighted by molar-refractivity contribution is -0.128. The average Bonchev–Trinajstić information content (AvgIpc) is 2.57.